The van der Waals surface area contributed by atoms with Crippen molar-refractivity contribution in [3.63, 3.8) is 0 Å². The van der Waals surface area contributed by atoms with E-state index in [2.05, 4.69) is 48.1 Å². The number of rotatable bonds is 15. The van der Waals surface area contributed by atoms with Gasteiger partial charge in [-0.2, -0.15) is 0 Å². The minimum absolute atomic E-state index is 0.110. The molecule has 132 valence electrons. The third-order valence-corrected chi connectivity index (χ3v) is 3.72. The van der Waals surface area contributed by atoms with Crippen molar-refractivity contribution in [2.75, 3.05) is 7.11 Å². The molecule has 0 N–H and O–H groups in total. The predicted molar refractivity (Wildman–Crippen MR) is 101 cm³/mol. The lowest BCUT2D eigenvalue weighted by molar-refractivity contribution is -0.140. The summed E-state index contributed by atoms with van der Waals surface area (Å²) in [7, 11) is 1.44. The summed E-state index contributed by atoms with van der Waals surface area (Å²) in [6.45, 7) is 2.24. The van der Waals surface area contributed by atoms with Gasteiger partial charge in [0.05, 0.1) is 7.11 Å². The fourth-order valence-corrected chi connectivity index (χ4v) is 2.25. The van der Waals surface area contributed by atoms with E-state index in [-0.39, 0.29) is 5.97 Å². The highest BCUT2D eigenvalue weighted by Gasteiger charge is 1.96. The largest absolute Gasteiger partial charge is 0.469 e. The second-order valence-corrected chi connectivity index (χ2v) is 5.90. The lowest BCUT2D eigenvalue weighted by Gasteiger charge is -1.96. The van der Waals surface area contributed by atoms with Crippen LogP contribution in [0.3, 0.4) is 0 Å². The lowest BCUT2D eigenvalue weighted by atomic mass is 10.1. The minimum Gasteiger partial charge on any atom is -0.469 e. The molecule has 0 amide bonds. The smallest absolute Gasteiger partial charge is 0.305 e. The van der Waals surface area contributed by atoms with E-state index in [9.17, 15) is 4.79 Å². The Hall–Kier alpha value is -1.31. The molecule has 0 aliphatic carbocycles. The lowest BCUT2D eigenvalue weighted by Crippen LogP contribution is -1.98. The zero-order valence-electron chi connectivity index (χ0n) is 15.3. The SMILES string of the molecule is CCCCC/C=C/C/C=C/CCCC/C=C/CCCC(=O)OC. The molecule has 0 spiro atoms. The molecule has 0 saturated carbocycles. The van der Waals surface area contributed by atoms with Gasteiger partial charge in [0.25, 0.3) is 0 Å². The maximum Gasteiger partial charge on any atom is 0.305 e. The second-order valence-electron chi connectivity index (χ2n) is 5.90. The van der Waals surface area contributed by atoms with Gasteiger partial charge in [-0.1, -0.05) is 56.2 Å². The molecule has 0 saturated heterocycles. The van der Waals surface area contributed by atoms with Gasteiger partial charge in [0.1, 0.15) is 0 Å². The van der Waals surface area contributed by atoms with E-state index in [0.717, 1.165) is 25.7 Å². The zero-order valence-corrected chi connectivity index (χ0v) is 15.3. The molecule has 0 aromatic heterocycles. The van der Waals surface area contributed by atoms with Crippen molar-refractivity contribution in [2.45, 2.75) is 84.0 Å². The molecular formula is C21H36O2. The van der Waals surface area contributed by atoms with Crippen LogP contribution in [0.2, 0.25) is 0 Å². The van der Waals surface area contributed by atoms with Crippen LogP contribution < -0.4 is 0 Å². The van der Waals surface area contributed by atoms with Crippen LogP contribution in [0.4, 0.5) is 0 Å². The summed E-state index contributed by atoms with van der Waals surface area (Å²) in [6.07, 6.45) is 27.1. The monoisotopic (exact) mass is 320 g/mol. The predicted octanol–water partition coefficient (Wildman–Crippen LogP) is 6.53. The van der Waals surface area contributed by atoms with Gasteiger partial charge in [-0.15, -0.1) is 0 Å². The molecule has 0 aromatic carbocycles. The number of carbonyl (C=O) groups excluding carboxylic acids is 1. The summed E-state index contributed by atoms with van der Waals surface area (Å²) in [4.78, 5) is 10.9. The van der Waals surface area contributed by atoms with Crippen molar-refractivity contribution in [1.29, 1.82) is 0 Å². The van der Waals surface area contributed by atoms with E-state index in [4.69, 9.17) is 0 Å². The molecule has 0 bridgehead atoms. The number of hydrogen-bond acceptors (Lipinski definition) is 2. The van der Waals surface area contributed by atoms with Crippen molar-refractivity contribution in [3.05, 3.63) is 36.5 Å². The number of esters is 1. The fourth-order valence-electron chi connectivity index (χ4n) is 2.25. The summed E-state index contributed by atoms with van der Waals surface area (Å²) in [5.41, 5.74) is 0. The Morgan fingerprint density at radius 1 is 0.739 bits per heavy atom. The second kappa shape index (κ2) is 18.7. The molecule has 0 heterocycles. The van der Waals surface area contributed by atoms with Gasteiger partial charge >= 0.3 is 5.97 Å². The standard InChI is InChI=1S/C21H36O2/c1-3-4-5-6-7-8-9-10-11-12-13-14-15-16-17-18-19-20-21(22)23-2/h7-8,10-11,16-17H,3-6,9,12-15,18-20H2,1-2H3/b8-7+,11-10+,17-16+. The number of carbonyl (C=O) groups is 1. The first-order valence-electron chi connectivity index (χ1n) is 9.33. The highest BCUT2D eigenvalue weighted by molar-refractivity contribution is 5.68. The normalized spacial score (nSPS) is 11.9. The number of methoxy groups -OCH3 is 1. The zero-order chi connectivity index (χ0) is 17.0. The first kappa shape index (κ1) is 21.7. The van der Waals surface area contributed by atoms with Crippen molar-refractivity contribution < 1.29 is 9.53 Å². The summed E-state index contributed by atoms with van der Waals surface area (Å²) < 4.78 is 4.61. The fraction of sp³-hybridized carbons (Fsp3) is 0.667. The minimum atomic E-state index is -0.110. The molecule has 0 rings (SSSR count). The van der Waals surface area contributed by atoms with Gasteiger partial charge in [-0.05, 0) is 57.8 Å². The number of allylic oxidation sites excluding steroid dienone is 6. The topological polar surface area (TPSA) is 26.3 Å². The Kier molecular flexibility index (Phi) is 17.7. The highest BCUT2D eigenvalue weighted by atomic mass is 16.5. The number of ether oxygens (including phenoxy) is 1. The van der Waals surface area contributed by atoms with Crippen molar-refractivity contribution in [3.8, 4) is 0 Å². The molecule has 0 atom stereocenters. The van der Waals surface area contributed by atoms with Crippen LogP contribution in [-0.4, -0.2) is 13.1 Å². The molecule has 2 nitrogen and oxygen atoms in total. The van der Waals surface area contributed by atoms with Gasteiger partial charge in [0.2, 0.25) is 0 Å². The van der Waals surface area contributed by atoms with Gasteiger partial charge < -0.3 is 4.74 Å². The first-order valence-corrected chi connectivity index (χ1v) is 9.33. The molecule has 0 unspecified atom stereocenters. The van der Waals surface area contributed by atoms with Gasteiger partial charge in [-0.3, -0.25) is 4.79 Å². The van der Waals surface area contributed by atoms with E-state index >= 15 is 0 Å². The average Bonchev–Trinajstić information content (AvgIpc) is 2.57. The third-order valence-electron chi connectivity index (χ3n) is 3.72. The summed E-state index contributed by atoms with van der Waals surface area (Å²) in [6, 6.07) is 0. The van der Waals surface area contributed by atoms with Crippen LogP contribution in [0, 0.1) is 0 Å². The van der Waals surface area contributed by atoms with E-state index < -0.39 is 0 Å². The summed E-state index contributed by atoms with van der Waals surface area (Å²) >= 11 is 0. The van der Waals surface area contributed by atoms with Crippen molar-refractivity contribution in [2.24, 2.45) is 0 Å². The van der Waals surface area contributed by atoms with Crippen LogP contribution in [0.5, 0.6) is 0 Å². The van der Waals surface area contributed by atoms with Gasteiger partial charge in [0.15, 0.2) is 0 Å². The van der Waals surface area contributed by atoms with E-state index in [1.165, 1.54) is 52.1 Å². The molecule has 0 aromatic rings. The quantitative estimate of drug-likeness (QED) is 0.195. The third kappa shape index (κ3) is 18.6. The van der Waals surface area contributed by atoms with Gasteiger partial charge in [0, 0.05) is 6.42 Å². The molecule has 23 heavy (non-hydrogen) atoms. The van der Waals surface area contributed by atoms with Crippen LogP contribution in [0.15, 0.2) is 36.5 Å². The molecular weight excluding hydrogens is 284 g/mol. The number of hydrogen-bond donors (Lipinski definition) is 0. The molecule has 0 fully saturated rings. The first-order chi connectivity index (χ1) is 11.3. The van der Waals surface area contributed by atoms with E-state index in [1.807, 2.05) is 0 Å². The van der Waals surface area contributed by atoms with Crippen LogP contribution >= 0.6 is 0 Å². The van der Waals surface area contributed by atoms with Crippen molar-refractivity contribution >= 4 is 5.97 Å². The van der Waals surface area contributed by atoms with Crippen LogP contribution in [-0.2, 0) is 9.53 Å². The van der Waals surface area contributed by atoms with E-state index in [0.29, 0.717) is 6.42 Å². The van der Waals surface area contributed by atoms with E-state index in [1.54, 1.807) is 0 Å². The van der Waals surface area contributed by atoms with Crippen LogP contribution in [0.1, 0.15) is 84.0 Å². The van der Waals surface area contributed by atoms with Gasteiger partial charge in [-0.25, -0.2) is 0 Å². The Morgan fingerprint density at radius 3 is 1.74 bits per heavy atom. The molecule has 0 aliphatic rings. The Balaban J connectivity index is 3.28. The molecule has 0 radical (unpaired) electrons. The number of unbranched alkanes of at least 4 members (excludes halogenated alkanes) is 7. The average molecular weight is 321 g/mol. The summed E-state index contributed by atoms with van der Waals surface area (Å²) in [5, 5.41) is 0. The van der Waals surface area contributed by atoms with Crippen molar-refractivity contribution in [1.82, 2.24) is 0 Å². The molecule has 2 heteroatoms. The molecule has 0 aliphatic heterocycles. The maximum absolute atomic E-state index is 10.9. The Morgan fingerprint density at radius 2 is 1.22 bits per heavy atom. The summed E-state index contributed by atoms with van der Waals surface area (Å²) in [5.74, 6) is -0.110. The Bertz CT molecular complexity index is 340. The Labute approximate surface area is 143 Å². The van der Waals surface area contributed by atoms with Crippen LogP contribution in [0.25, 0.3) is 0 Å². The maximum atomic E-state index is 10.9. The highest BCUT2D eigenvalue weighted by Crippen LogP contribution is 2.05.